The van der Waals surface area contributed by atoms with Crippen molar-refractivity contribution in [1.29, 1.82) is 0 Å². The minimum Gasteiger partial charge on any atom is -0.407 e. The number of nitrogens with one attached hydrogen (secondary N) is 1. The molecule has 0 aliphatic rings. The quantitative estimate of drug-likeness (QED) is 0.411. The smallest absolute Gasteiger partial charge is 0.322 e. The number of amides is 1. The number of halogens is 1. The number of aromatic nitrogens is 2. The number of hydrogen-bond acceptors (Lipinski definition) is 5. The van der Waals surface area contributed by atoms with Crippen molar-refractivity contribution >= 4 is 23.7 Å². The predicted molar refractivity (Wildman–Crippen MR) is 108 cm³/mol. The molecule has 1 amide bonds. The lowest BCUT2D eigenvalue weighted by Gasteiger charge is -2.02. The first-order chi connectivity index (χ1) is 13.6. The molecule has 0 atom stereocenters. The molecule has 0 unspecified atom stereocenters. The maximum Gasteiger partial charge on any atom is 0.322 e. The molecule has 1 N–H and O–H groups in total. The van der Waals surface area contributed by atoms with E-state index in [1.165, 1.54) is 17.7 Å². The molecule has 28 heavy (non-hydrogen) atoms. The second-order valence-electron chi connectivity index (χ2n) is 6.30. The first kappa shape index (κ1) is 20.1. The zero-order chi connectivity index (χ0) is 19.8. The number of benzene rings is 2. The topological polar surface area (TPSA) is 68.0 Å². The van der Waals surface area contributed by atoms with E-state index in [-0.39, 0.29) is 17.7 Å². The number of carbonyl (C=O) groups excluding carboxylic acids is 1. The number of aryl methyl sites for hydroxylation is 1. The standard InChI is InChI=1S/C21H22FN3O2S/c1-2-15-5-7-16(8-6-15)14-20-24-25-21(27-20)23-19(26)4-3-13-28-18-11-9-17(22)10-12-18/h5-12H,2-4,13-14H2,1H3,(H,23,25,26). The number of hydrogen-bond donors (Lipinski definition) is 1. The summed E-state index contributed by atoms with van der Waals surface area (Å²) >= 11 is 1.59. The Morgan fingerprint density at radius 2 is 1.79 bits per heavy atom. The van der Waals surface area contributed by atoms with Crippen molar-refractivity contribution < 1.29 is 13.6 Å². The fraction of sp³-hybridized carbons (Fsp3) is 0.286. The number of carbonyl (C=O) groups is 1. The summed E-state index contributed by atoms with van der Waals surface area (Å²) in [5, 5.41) is 10.5. The van der Waals surface area contributed by atoms with Crippen LogP contribution in [0.5, 0.6) is 0 Å². The van der Waals surface area contributed by atoms with Gasteiger partial charge in [-0.05, 0) is 54.0 Å². The van der Waals surface area contributed by atoms with Gasteiger partial charge in [0.05, 0.1) is 6.42 Å². The van der Waals surface area contributed by atoms with E-state index >= 15 is 0 Å². The van der Waals surface area contributed by atoms with Gasteiger partial charge in [-0.2, -0.15) is 0 Å². The molecule has 3 rings (SSSR count). The molecule has 1 heterocycles. The van der Waals surface area contributed by atoms with Gasteiger partial charge in [-0.3, -0.25) is 10.1 Å². The molecule has 5 nitrogen and oxygen atoms in total. The van der Waals surface area contributed by atoms with E-state index in [2.05, 4.69) is 34.6 Å². The highest BCUT2D eigenvalue weighted by atomic mass is 32.2. The van der Waals surface area contributed by atoms with Crippen LogP contribution in [0.2, 0.25) is 0 Å². The van der Waals surface area contributed by atoms with Crippen molar-refractivity contribution in [2.75, 3.05) is 11.1 Å². The SMILES string of the molecule is CCc1ccc(Cc2nnc(NC(=O)CCCSc3ccc(F)cc3)o2)cc1. The summed E-state index contributed by atoms with van der Waals surface area (Å²) in [4.78, 5) is 13.0. The minimum absolute atomic E-state index is 0.122. The van der Waals surface area contributed by atoms with Gasteiger partial charge in [0.1, 0.15) is 5.82 Å². The van der Waals surface area contributed by atoms with E-state index in [0.717, 1.165) is 22.6 Å². The monoisotopic (exact) mass is 399 g/mol. The Labute approximate surface area is 167 Å². The fourth-order valence-corrected chi connectivity index (χ4v) is 3.43. The maximum absolute atomic E-state index is 12.9. The number of nitrogens with zero attached hydrogens (tertiary/aromatic N) is 2. The summed E-state index contributed by atoms with van der Waals surface area (Å²) in [7, 11) is 0. The van der Waals surface area contributed by atoms with Gasteiger partial charge in [0.15, 0.2) is 0 Å². The summed E-state index contributed by atoms with van der Waals surface area (Å²) in [5.74, 6) is 0.816. The third-order valence-electron chi connectivity index (χ3n) is 4.13. The van der Waals surface area contributed by atoms with Crippen molar-refractivity contribution in [3.8, 4) is 0 Å². The van der Waals surface area contributed by atoms with Gasteiger partial charge in [-0.1, -0.05) is 36.3 Å². The number of rotatable bonds is 9. The van der Waals surface area contributed by atoms with Crippen LogP contribution in [0.3, 0.4) is 0 Å². The Bertz CT molecular complexity index is 895. The molecule has 0 radical (unpaired) electrons. The zero-order valence-corrected chi connectivity index (χ0v) is 16.5. The van der Waals surface area contributed by atoms with Crippen molar-refractivity contribution in [3.05, 3.63) is 71.4 Å². The van der Waals surface area contributed by atoms with Gasteiger partial charge in [-0.25, -0.2) is 4.39 Å². The van der Waals surface area contributed by atoms with Crippen molar-refractivity contribution in [2.45, 2.75) is 37.5 Å². The highest BCUT2D eigenvalue weighted by Gasteiger charge is 2.10. The van der Waals surface area contributed by atoms with Crippen LogP contribution in [0, 0.1) is 5.82 Å². The van der Waals surface area contributed by atoms with Gasteiger partial charge in [-0.15, -0.1) is 16.9 Å². The summed E-state index contributed by atoms with van der Waals surface area (Å²) in [6, 6.07) is 14.7. The second-order valence-corrected chi connectivity index (χ2v) is 7.47. The lowest BCUT2D eigenvalue weighted by atomic mass is 10.1. The zero-order valence-electron chi connectivity index (χ0n) is 15.7. The molecule has 146 valence electrons. The van der Waals surface area contributed by atoms with Crippen LogP contribution in [0.4, 0.5) is 10.4 Å². The highest BCUT2D eigenvalue weighted by Crippen LogP contribution is 2.19. The maximum atomic E-state index is 12.9. The first-order valence-electron chi connectivity index (χ1n) is 9.21. The van der Waals surface area contributed by atoms with Gasteiger partial charge in [0.2, 0.25) is 11.8 Å². The van der Waals surface area contributed by atoms with Gasteiger partial charge >= 0.3 is 6.01 Å². The molecule has 0 aliphatic carbocycles. The third-order valence-corrected chi connectivity index (χ3v) is 5.23. The minimum atomic E-state index is -0.249. The van der Waals surface area contributed by atoms with Crippen LogP contribution in [-0.4, -0.2) is 21.9 Å². The molecule has 3 aromatic rings. The van der Waals surface area contributed by atoms with Crippen LogP contribution >= 0.6 is 11.8 Å². The molecule has 0 bridgehead atoms. The van der Waals surface area contributed by atoms with Crippen LogP contribution in [0.15, 0.2) is 57.8 Å². The van der Waals surface area contributed by atoms with Crippen LogP contribution in [0.1, 0.15) is 36.8 Å². The molecule has 2 aromatic carbocycles. The van der Waals surface area contributed by atoms with E-state index in [9.17, 15) is 9.18 Å². The Morgan fingerprint density at radius 1 is 1.07 bits per heavy atom. The second kappa shape index (κ2) is 10.0. The van der Waals surface area contributed by atoms with E-state index in [0.29, 0.717) is 25.2 Å². The fourth-order valence-electron chi connectivity index (χ4n) is 2.58. The molecular formula is C21H22FN3O2S. The Balaban J connectivity index is 1.40. The first-order valence-corrected chi connectivity index (χ1v) is 10.2. The van der Waals surface area contributed by atoms with E-state index in [4.69, 9.17) is 4.42 Å². The molecule has 1 aromatic heterocycles. The van der Waals surface area contributed by atoms with Crippen LogP contribution < -0.4 is 5.32 Å². The van der Waals surface area contributed by atoms with E-state index < -0.39 is 0 Å². The van der Waals surface area contributed by atoms with Crippen molar-refractivity contribution in [3.63, 3.8) is 0 Å². The van der Waals surface area contributed by atoms with E-state index in [1.54, 1.807) is 23.9 Å². The molecule has 0 spiro atoms. The molecular weight excluding hydrogens is 377 g/mol. The average molecular weight is 399 g/mol. The third kappa shape index (κ3) is 6.20. The summed E-state index contributed by atoms with van der Waals surface area (Å²) in [5.41, 5.74) is 2.36. The van der Waals surface area contributed by atoms with Crippen LogP contribution in [-0.2, 0) is 17.6 Å². The summed E-state index contributed by atoms with van der Waals surface area (Å²) in [6.07, 6.45) is 2.57. The summed E-state index contributed by atoms with van der Waals surface area (Å²) < 4.78 is 18.4. The Kier molecular flexibility index (Phi) is 7.19. The molecule has 0 saturated heterocycles. The van der Waals surface area contributed by atoms with Crippen molar-refractivity contribution in [1.82, 2.24) is 10.2 Å². The molecule has 7 heteroatoms. The molecule has 0 fully saturated rings. The predicted octanol–water partition coefficient (Wildman–Crippen LogP) is 4.87. The molecule has 0 aliphatic heterocycles. The Hall–Kier alpha value is -2.67. The Morgan fingerprint density at radius 3 is 2.50 bits per heavy atom. The number of thioether (sulfide) groups is 1. The average Bonchev–Trinajstić information content (AvgIpc) is 3.14. The van der Waals surface area contributed by atoms with Gasteiger partial charge in [0, 0.05) is 11.3 Å². The van der Waals surface area contributed by atoms with E-state index in [1.807, 2.05) is 12.1 Å². The normalized spacial score (nSPS) is 10.8. The summed E-state index contributed by atoms with van der Waals surface area (Å²) in [6.45, 7) is 2.11. The largest absolute Gasteiger partial charge is 0.407 e. The van der Waals surface area contributed by atoms with Crippen LogP contribution in [0.25, 0.3) is 0 Å². The number of anilines is 1. The van der Waals surface area contributed by atoms with Crippen molar-refractivity contribution in [2.24, 2.45) is 0 Å². The lowest BCUT2D eigenvalue weighted by Crippen LogP contribution is -2.11. The van der Waals surface area contributed by atoms with Gasteiger partial charge in [0.25, 0.3) is 0 Å². The lowest BCUT2D eigenvalue weighted by molar-refractivity contribution is -0.116. The highest BCUT2D eigenvalue weighted by molar-refractivity contribution is 7.99. The van der Waals surface area contributed by atoms with Gasteiger partial charge < -0.3 is 4.42 Å². The molecule has 0 saturated carbocycles.